The zero-order valence-electron chi connectivity index (χ0n) is 10.2. The van der Waals surface area contributed by atoms with Gasteiger partial charge in [-0.15, -0.1) is 0 Å². The quantitative estimate of drug-likeness (QED) is 0.863. The van der Waals surface area contributed by atoms with E-state index in [0.29, 0.717) is 13.1 Å². The molecule has 1 heterocycles. The SMILES string of the molecule is COc1ccc(Cn2cnccc2=O)cc1CN. The van der Waals surface area contributed by atoms with E-state index < -0.39 is 0 Å². The molecule has 0 aliphatic rings. The molecular weight excluding hydrogens is 230 g/mol. The van der Waals surface area contributed by atoms with Crippen LogP contribution in [-0.2, 0) is 13.1 Å². The number of nitrogens with zero attached hydrogens (tertiary/aromatic N) is 2. The van der Waals surface area contributed by atoms with E-state index in [1.165, 1.54) is 18.6 Å². The molecule has 2 N–H and O–H groups in total. The Morgan fingerprint density at radius 3 is 2.89 bits per heavy atom. The average molecular weight is 245 g/mol. The number of rotatable bonds is 4. The van der Waals surface area contributed by atoms with E-state index in [-0.39, 0.29) is 5.56 Å². The van der Waals surface area contributed by atoms with Crippen LogP contribution < -0.4 is 16.0 Å². The number of nitrogens with two attached hydrogens (primary N) is 1. The van der Waals surface area contributed by atoms with Crippen molar-refractivity contribution in [2.75, 3.05) is 7.11 Å². The molecular formula is C13H15N3O2. The molecule has 94 valence electrons. The molecule has 5 heteroatoms. The molecule has 0 amide bonds. The van der Waals surface area contributed by atoms with E-state index in [4.69, 9.17) is 10.5 Å². The molecule has 0 spiro atoms. The summed E-state index contributed by atoms with van der Waals surface area (Å²) >= 11 is 0. The Labute approximate surface area is 105 Å². The summed E-state index contributed by atoms with van der Waals surface area (Å²) in [5.41, 5.74) is 7.50. The van der Waals surface area contributed by atoms with Crippen molar-refractivity contribution < 1.29 is 4.74 Å². The number of hydrogen-bond donors (Lipinski definition) is 1. The third-order valence-electron chi connectivity index (χ3n) is 2.71. The normalized spacial score (nSPS) is 10.3. The number of aromatic nitrogens is 2. The lowest BCUT2D eigenvalue weighted by Crippen LogP contribution is -2.19. The van der Waals surface area contributed by atoms with Gasteiger partial charge in [-0.05, 0) is 17.7 Å². The Balaban J connectivity index is 2.30. The second-order valence-electron chi connectivity index (χ2n) is 3.90. The van der Waals surface area contributed by atoms with E-state index in [1.807, 2.05) is 18.2 Å². The molecule has 0 saturated heterocycles. The molecule has 0 aliphatic heterocycles. The molecule has 0 unspecified atom stereocenters. The van der Waals surface area contributed by atoms with Crippen molar-refractivity contribution in [1.29, 1.82) is 0 Å². The number of benzene rings is 1. The standard InChI is InChI=1S/C13H15N3O2/c1-18-12-3-2-10(6-11(12)7-14)8-16-9-15-5-4-13(16)17/h2-6,9H,7-8,14H2,1H3. The van der Waals surface area contributed by atoms with Gasteiger partial charge in [0.25, 0.3) is 5.56 Å². The molecule has 0 bridgehead atoms. The van der Waals surface area contributed by atoms with Crippen LogP contribution in [0, 0.1) is 0 Å². The zero-order valence-corrected chi connectivity index (χ0v) is 10.2. The summed E-state index contributed by atoms with van der Waals surface area (Å²) in [6.45, 7) is 0.878. The summed E-state index contributed by atoms with van der Waals surface area (Å²) < 4.78 is 6.75. The van der Waals surface area contributed by atoms with Gasteiger partial charge in [-0.3, -0.25) is 9.36 Å². The van der Waals surface area contributed by atoms with Crippen molar-refractivity contribution >= 4 is 0 Å². The van der Waals surface area contributed by atoms with Gasteiger partial charge in [0.2, 0.25) is 0 Å². The first-order chi connectivity index (χ1) is 8.74. The summed E-state index contributed by atoms with van der Waals surface area (Å²) in [5, 5.41) is 0. The van der Waals surface area contributed by atoms with Crippen LogP contribution in [0.3, 0.4) is 0 Å². The molecule has 0 saturated carbocycles. The number of methoxy groups -OCH3 is 1. The topological polar surface area (TPSA) is 70.1 Å². The fraction of sp³-hybridized carbons (Fsp3) is 0.231. The first-order valence-corrected chi connectivity index (χ1v) is 5.61. The van der Waals surface area contributed by atoms with Gasteiger partial charge in [-0.25, -0.2) is 4.98 Å². The molecule has 2 rings (SSSR count). The molecule has 0 radical (unpaired) electrons. The first-order valence-electron chi connectivity index (χ1n) is 5.61. The van der Waals surface area contributed by atoms with Crippen molar-refractivity contribution in [3.63, 3.8) is 0 Å². The van der Waals surface area contributed by atoms with Gasteiger partial charge in [0.05, 0.1) is 20.0 Å². The molecule has 0 atom stereocenters. The smallest absolute Gasteiger partial charge is 0.253 e. The Kier molecular flexibility index (Phi) is 3.74. The van der Waals surface area contributed by atoms with Gasteiger partial charge >= 0.3 is 0 Å². The molecule has 18 heavy (non-hydrogen) atoms. The van der Waals surface area contributed by atoms with Gasteiger partial charge in [0.1, 0.15) is 5.75 Å². The van der Waals surface area contributed by atoms with Gasteiger partial charge in [-0.2, -0.15) is 0 Å². The zero-order chi connectivity index (χ0) is 13.0. The molecule has 1 aromatic carbocycles. The Morgan fingerprint density at radius 2 is 2.22 bits per heavy atom. The van der Waals surface area contributed by atoms with Crippen LogP contribution in [0.2, 0.25) is 0 Å². The third-order valence-corrected chi connectivity index (χ3v) is 2.71. The molecule has 0 fully saturated rings. The first kappa shape index (κ1) is 12.3. The Morgan fingerprint density at radius 1 is 1.39 bits per heavy atom. The van der Waals surface area contributed by atoms with Gasteiger partial charge in [0, 0.05) is 24.4 Å². The maximum atomic E-state index is 11.6. The molecule has 5 nitrogen and oxygen atoms in total. The highest BCUT2D eigenvalue weighted by Gasteiger charge is 2.04. The highest BCUT2D eigenvalue weighted by atomic mass is 16.5. The van der Waals surface area contributed by atoms with Gasteiger partial charge in [0.15, 0.2) is 0 Å². The molecule has 0 aliphatic carbocycles. The fourth-order valence-electron chi connectivity index (χ4n) is 1.78. The summed E-state index contributed by atoms with van der Waals surface area (Å²) in [6, 6.07) is 7.15. The lowest BCUT2D eigenvalue weighted by atomic mass is 10.1. The van der Waals surface area contributed by atoms with Gasteiger partial charge in [-0.1, -0.05) is 6.07 Å². The second-order valence-corrected chi connectivity index (χ2v) is 3.90. The minimum Gasteiger partial charge on any atom is -0.496 e. The second kappa shape index (κ2) is 5.46. The van der Waals surface area contributed by atoms with Crippen LogP contribution in [0.25, 0.3) is 0 Å². The predicted molar refractivity (Wildman–Crippen MR) is 68.5 cm³/mol. The summed E-state index contributed by atoms with van der Waals surface area (Å²) in [7, 11) is 1.61. The number of ether oxygens (including phenoxy) is 1. The van der Waals surface area contributed by atoms with Crippen molar-refractivity contribution in [2.45, 2.75) is 13.1 Å². The predicted octanol–water partition coefficient (Wildman–Crippen LogP) is 0.759. The average Bonchev–Trinajstić information content (AvgIpc) is 2.41. The lowest BCUT2D eigenvalue weighted by Gasteiger charge is -2.10. The monoisotopic (exact) mass is 245 g/mol. The summed E-state index contributed by atoms with van der Waals surface area (Å²) in [5.74, 6) is 0.764. The summed E-state index contributed by atoms with van der Waals surface area (Å²) in [6.07, 6.45) is 3.01. The van der Waals surface area contributed by atoms with Gasteiger partial charge < -0.3 is 10.5 Å². The van der Waals surface area contributed by atoms with Crippen LogP contribution >= 0.6 is 0 Å². The largest absolute Gasteiger partial charge is 0.496 e. The minimum atomic E-state index is -0.0740. The fourth-order valence-corrected chi connectivity index (χ4v) is 1.78. The van der Waals surface area contributed by atoms with Crippen molar-refractivity contribution in [2.24, 2.45) is 5.73 Å². The highest BCUT2D eigenvalue weighted by Crippen LogP contribution is 2.19. The number of hydrogen-bond acceptors (Lipinski definition) is 4. The molecule has 2 aromatic rings. The minimum absolute atomic E-state index is 0.0740. The van der Waals surface area contributed by atoms with Crippen molar-refractivity contribution in [3.8, 4) is 5.75 Å². The van der Waals surface area contributed by atoms with E-state index in [2.05, 4.69) is 4.98 Å². The summed E-state index contributed by atoms with van der Waals surface area (Å²) in [4.78, 5) is 15.5. The Bertz CT molecular complexity index is 593. The maximum absolute atomic E-state index is 11.6. The third kappa shape index (κ3) is 2.57. The van der Waals surface area contributed by atoms with Crippen LogP contribution in [0.5, 0.6) is 5.75 Å². The Hall–Kier alpha value is -2.14. The van der Waals surface area contributed by atoms with E-state index in [0.717, 1.165) is 16.9 Å². The van der Waals surface area contributed by atoms with Crippen LogP contribution in [-0.4, -0.2) is 16.7 Å². The van der Waals surface area contributed by atoms with E-state index in [1.54, 1.807) is 11.7 Å². The van der Waals surface area contributed by atoms with Crippen molar-refractivity contribution in [1.82, 2.24) is 9.55 Å². The lowest BCUT2D eigenvalue weighted by molar-refractivity contribution is 0.409. The van der Waals surface area contributed by atoms with E-state index in [9.17, 15) is 4.79 Å². The van der Waals surface area contributed by atoms with Crippen LogP contribution in [0.15, 0.2) is 41.6 Å². The van der Waals surface area contributed by atoms with E-state index >= 15 is 0 Å². The highest BCUT2D eigenvalue weighted by molar-refractivity contribution is 5.37. The maximum Gasteiger partial charge on any atom is 0.253 e. The molecule has 1 aromatic heterocycles. The van der Waals surface area contributed by atoms with Crippen LogP contribution in [0.4, 0.5) is 0 Å². The van der Waals surface area contributed by atoms with Crippen LogP contribution in [0.1, 0.15) is 11.1 Å². The van der Waals surface area contributed by atoms with Crippen molar-refractivity contribution in [3.05, 3.63) is 58.3 Å².